The molecule has 1 amide bonds. The largest absolute Gasteiger partial charge is 0.438 e. The van der Waals surface area contributed by atoms with Crippen LogP contribution in [-0.2, 0) is 0 Å². The van der Waals surface area contributed by atoms with E-state index in [9.17, 15) is 4.79 Å². The Balaban J connectivity index is 1.84. The Morgan fingerprint density at radius 2 is 2.45 bits per heavy atom. The van der Waals surface area contributed by atoms with Gasteiger partial charge in [-0.15, -0.1) is 0 Å². The van der Waals surface area contributed by atoms with Crippen LogP contribution < -0.4 is 5.32 Å². The first-order chi connectivity index (χ1) is 9.78. The van der Waals surface area contributed by atoms with Crippen molar-refractivity contribution in [1.29, 1.82) is 0 Å². The second kappa shape index (κ2) is 5.12. The number of aromatic nitrogens is 4. The summed E-state index contributed by atoms with van der Waals surface area (Å²) in [7, 11) is 0. The maximum atomic E-state index is 12.0. The van der Waals surface area contributed by atoms with Gasteiger partial charge in [0.1, 0.15) is 0 Å². The van der Waals surface area contributed by atoms with Crippen molar-refractivity contribution in [2.75, 3.05) is 0 Å². The van der Waals surface area contributed by atoms with E-state index in [1.807, 2.05) is 29.8 Å². The molecule has 0 unspecified atom stereocenters. The molecular weight excluding hydrogens is 258 g/mol. The number of hydrogen-bond donors (Lipinski definition) is 1. The summed E-state index contributed by atoms with van der Waals surface area (Å²) in [4.78, 5) is 24.3. The number of carbonyl (C=O) groups excluding carboxylic acids is 1. The van der Waals surface area contributed by atoms with Gasteiger partial charge in [0.05, 0.1) is 17.9 Å². The number of hydrogen-bond acceptors (Lipinski definition) is 5. The molecular formula is C13H13N5O2. The minimum atomic E-state index is -0.306. The smallest absolute Gasteiger partial charge is 0.289 e. The van der Waals surface area contributed by atoms with E-state index >= 15 is 0 Å². The standard InChI is InChI=1S/C13H13N5O2/c1-2-9(16-12(19)11-6-14-8-20-11)10-7-18-5-3-4-15-13(18)17-10/h3-9H,2H2,1H3,(H,16,19)/t9-/m1/s1. The SMILES string of the molecule is CC[C@@H](NC(=O)c1cnco1)c1cn2cccnc2n1. The molecule has 0 spiro atoms. The molecule has 0 bridgehead atoms. The van der Waals surface area contributed by atoms with E-state index < -0.39 is 0 Å². The lowest BCUT2D eigenvalue weighted by molar-refractivity contribution is 0.0906. The van der Waals surface area contributed by atoms with Gasteiger partial charge in [0.2, 0.25) is 11.5 Å². The van der Waals surface area contributed by atoms with Gasteiger partial charge in [0.15, 0.2) is 6.39 Å². The number of carbonyl (C=O) groups is 1. The van der Waals surface area contributed by atoms with Gasteiger partial charge < -0.3 is 9.73 Å². The fraction of sp³-hybridized carbons (Fsp3) is 0.231. The lowest BCUT2D eigenvalue weighted by Gasteiger charge is -2.13. The molecule has 1 N–H and O–H groups in total. The van der Waals surface area contributed by atoms with E-state index in [0.717, 1.165) is 5.69 Å². The molecule has 7 heteroatoms. The van der Waals surface area contributed by atoms with Gasteiger partial charge in [-0.25, -0.2) is 15.0 Å². The van der Waals surface area contributed by atoms with Gasteiger partial charge in [0.25, 0.3) is 5.91 Å². The van der Waals surface area contributed by atoms with Gasteiger partial charge in [-0.2, -0.15) is 0 Å². The van der Waals surface area contributed by atoms with Gasteiger partial charge >= 0.3 is 0 Å². The maximum absolute atomic E-state index is 12.0. The summed E-state index contributed by atoms with van der Waals surface area (Å²) in [5.41, 5.74) is 0.763. The van der Waals surface area contributed by atoms with Crippen LogP contribution in [0.5, 0.6) is 0 Å². The van der Waals surface area contributed by atoms with Crippen molar-refractivity contribution in [3.63, 3.8) is 0 Å². The average Bonchev–Trinajstić information content (AvgIpc) is 3.12. The third kappa shape index (κ3) is 2.25. The molecule has 0 aromatic carbocycles. The predicted octanol–water partition coefficient (Wildman–Crippen LogP) is 1.60. The highest BCUT2D eigenvalue weighted by Gasteiger charge is 2.18. The number of fused-ring (bicyclic) bond motifs is 1. The Bertz CT molecular complexity index is 686. The Labute approximate surface area is 114 Å². The normalized spacial score (nSPS) is 12.4. The highest BCUT2D eigenvalue weighted by Crippen LogP contribution is 2.16. The molecule has 0 aliphatic heterocycles. The van der Waals surface area contributed by atoms with E-state index in [0.29, 0.717) is 12.2 Å². The number of imidazole rings is 1. The first-order valence-corrected chi connectivity index (χ1v) is 6.27. The molecule has 7 nitrogen and oxygen atoms in total. The fourth-order valence-electron chi connectivity index (χ4n) is 1.96. The summed E-state index contributed by atoms with van der Waals surface area (Å²) < 4.78 is 6.79. The van der Waals surface area contributed by atoms with E-state index in [2.05, 4.69) is 20.3 Å². The van der Waals surface area contributed by atoms with Crippen LogP contribution in [0.15, 0.2) is 41.7 Å². The summed E-state index contributed by atoms with van der Waals surface area (Å²) in [5, 5.41) is 2.87. The predicted molar refractivity (Wildman–Crippen MR) is 70.0 cm³/mol. The van der Waals surface area contributed by atoms with Crippen LogP contribution in [-0.4, -0.2) is 25.3 Å². The summed E-state index contributed by atoms with van der Waals surface area (Å²) in [5.74, 6) is 0.486. The van der Waals surface area contributed by atoms with Gasteiger partial charge in [-0.1, -0.05) is 6.92 Å². The van der Waals surface area contributed by atoms with Crippen molar-refractivity contribution >= 4 is 11.7 Å². The molecule has 20 heavy (non-hydrogen) atoms. The summed E-state index contributed by atoms with van der Waals surface area (Å²) in [6.45, 7) is 1.97. The van der Waals surface area contributed by atoms with Crippen LogP contribution in [0.2, 0.25) is 0 Å². The molecule has 0 aliphatic carbocycles. The van der Waals surface area contributed by atoms with E-state index in [1.165, 1.54) is 12.6 Å². The van der Waals surface area contributed by atoms with Crippen molar-refractivity contribution < 1.29 is 9.21 Å². The zero-order valence-corrected chi connectivity index (χ0v) is 10.9. The minimum Gasteiger partial charge on any atom is -0.438 e. The van der Waals surface area contributed by atoms with E-state index in [-0.39, 0.29) is 17.7 Å². The maximum Gasteiger partial charge on any atom is 0.289 e. The van der Waals surface area contributed by atoms with Crippen molar-refractivity contribution in [3.8, 4) is 0 Å². The monoisotopic (exact) mass is 271 g/mol. The van der Waals surface area contributed by atoms with Crippen LogP contribution >= 0.6 is 0 Å². The number of oxazole rings is 1. The van der Waals surface area contributed by atoms with Crippen LogP contribution in [0.3, 0.4) is 0 Å². The van der Waals surface area contributed by atoms with Crippen molar-refractivity contribution in [2.45, 2.75) is 19.4 Å². The summed E-state index contributed by atoms with van der Waals surface area (Å²) in [6, 6.07) is 1.63. The molecule has 3 aromatic heterocycles. The quantitative estimate of drug-likeness (QED) is 0.779. The second-order valence-corrected chi connectivity index (χ2v) is 4.29. The summed E-state index contributed by atoms with van der Waals surface area (Å²) >= 11 is 0. The molecule has 0 saturated heterocycles. The third-order valence-corrected chi connectivity index (χ3v) is 2.98. The summed E-state index contributed by atoms with van der Waals surface area (Å²) in [6.07, 6.45) is 8.73. The third-order valence-electron chi connectivity index (χ3n) is 2.98. The number of amides is 1. The van der Waals surface area contributed by atoms with Crippen LogP contribution in [0, 0.1) is 0 Å². The fourth-order valence-corrected chi connectivity index (χ4v) is 1.96. The first-order valence-electron chi connectivity index (χ1n) is 6.27. The average molecular weight is 271 g/mol. The highest BCUT2D eigenvalue weighted by atomic mass is 16.3. The Hall–Kier alpha value is -2.70. The second-order valence-electron chi connectivity index (χ2n) is 4.29. The lowest BCUT2D eigenvalue weighted by Crippen LogP contribution is -2.28. The zero-order valence-electron chi connectivity index (χ0n) is 10.9. The van der Waals surface area contributed by atoms with E-state index in [1.54, 1.807) is 6.20 Å². The van der Waals surface area contributed by atoms with Gasteiger partial charge in [0, 0.05) is 18.6 Å². The lowest BCUT2D eigenvalue weighted by atomic mass is 10.1. The highest BCUT2D eigenvalue weighted by molar-refractivity contribution is 5.91. The van der Waals surface area contributed by atoms with Crippen molar-refractivity contribution in [3.05, 3.63) is 48.7 Å². The molecule has 1 atom stereocenters. The molecule has 0 radical (unpaired) electrons. The minimum absolute atomic E-state index is 0.185. The van der Waals surface area contributed by atoms with Crippen LogP contribution in [0.4, 0.5) is 0 Å². The van der Waals surface area contributed by atoms with Gasteiger partial charge in [-0.05, 0) is 12.5 Å². The number of nitrogens with zero attached hydrogens (tertiary/aromatic N) is 4. The first kappa shape index (κ1) is 12.3. The number of rotatable bonds is 4. The molecule has 0 saturated carbocycles. The molecule has 0 fully saturated rings. The Morgan fingerprint density at radius 3 is 3.15 bits per heavy atom. The molecule has 3 rings (SSSR count). The van der Waals surface area contributed by atoms with Crippen LogP contribution in [0.25, 0.3) is 5.78 Å². The molecule has 102 valence electrons. The van der Waals surface area contributed by atoms with E-state index in [4.69, 9.17) is 4.42 Å². The number of nitrogens with one attached hydrogen (secondary N) is 1. The van der Waals surface area contributed by atoms with Crippen molar-refractivity contribution in [2.24, 2.45) is 0 Å². The van der Waals surface area contributed by atoms with Crippen LogP contribution in [0.1, 0.15) is 35.6 Å². The Kier molecular flexibility index (Phi) is 3.16. The van der Waals surface area contributed by atoms with Gasteiger partial charge in [-0.3, -0.25) is 9.20 Å². The zero-order chi connectivity index (χ0) is 13.9. The molecule has 3 aromatic rings. The topological polar surface area (TPSA) is 85.3 Å². The Morgan fingerprint density at radius 1 is 1.55 bits per heavy atom. The molecule has 3 heterocycles. The van der Waals surface area contributed by atoms with Crippen molar-refractivity contribution in [1.82, 2.24) is 24.7 Å². The molecule has 0 aliphatic rings.